The van der Waals surface area contributed by atoms with Crippen molar-refractivity contribution >= 4 is 16.9 Å². The zero-order valence-electron chi connectivity index (χ0n) is 15.4. The van der Waals surface area contributed by atoms with Gasteiger partial charge in [0, 0.05) is 10.9 Å². The summed E-state index contributed by atoms with van der Waals surface area (Å²) in [5.74, 6) is -0.290. The van der Waals surface area contributed by atoms with Crippen LogP contribution in [0.3, 0.4) is 0 Å². The lowest BCUT2D eigenvalue weighted by atomic mass is 9.95. The van der Waals surface area contributed by atoms with Gasteiger partial charge >= 0.3 is 5.97 Å². The summed E-state index contributed by atoms with van der Waals surface area (Å²) in [6.45, 7) is 9.74. The molecule has 0 unspecified atom stereocenters. The van der Waals surface area contributed by atoms with Crippen molar-refractivity contribution in [3.05, 3.63) is 64.7 Å². The van der Waals surface area contributed by atoms with Crippen LogP contribution in [0.5, 0.6) is 0 Å². The van der Waals surface area contributed by atoms with Gasteiger partial charge in [-0.15, -0.1) is 0 Å². The van der Waals surface area contributed by atoms with E-state index in [9.17, 15) is 4.79 Å². The fourth-order valence-corrected chi connectivity index (χ4v) is 3.23. The number of hydrogen-bond donors (Lipinski definition) is 0. The lowest BCUT2D eigenvalue weighted by Crippen LogP contribution is -2.14. The summed E-state index contributed by atoms with van der Waals surface area (Å²) in [5.41, 5.74) is 6.32. The van der Waals surface area contributed by atoms with Crippen LogP contribution in [0.4, 0.5) is 0 Å². The van der Waals surface area contributed by atoms with Crippen LogP contribution in [0.25, 0.3) is 22.2 Å². The van der Waals surface area contributed by atoms with E-state index in [1.807, 2.05) is 71.0 Å². The third kappa shape index (κ3) is 3.27. The number of benzene rings is 2. The van der Waals surface area contributed by atoms with Crippen LogP contribution in [0, 0.1) is 20.8 Å². The van der Waals surface area contributed by atoms with Gasteiger partial charge in [0.2, 0.25) is 0 Å². The molecule has 3 aromatic rings. The monoisotopic (exact) mass is 333 g/mol. The number of carbonyl (C=O) groups is 1. The van der Waals surface area contributed by atoms with Gasteiger partial charge in [-0.1, -0.05) is 42.0 Å². The minimum absolute atomic E-state index is 0.166. The number of fused-ring (bicyclic) bond motifs is 1. The zero-order chi connectivity index (χ0) is 18.1. The Morgan fingerprint density at radius 3 is 2.36 bits per heavy atom. The highest BCUT2D eigenvalue weighted by Crippen LogP contribution is 2.32. The van der Waals surface area contributed by atoms with E-state index in [0.29, 0.717) is 5.56 Å². The first kappa shape index (κ1) is 17.2. The third-order valence-corrected chi connectivity index (χ3v) is 4.26. The Kier molecular flexibility index (Phi) is 4.58. The van der Waals surface area contributed by atoms with E-state index < -0.39 is 0 Å². The number of nitrogens with zero attached hydrogens (tertiary/aromatic N) is 1. The molecule has 25 heavy (non-hydrogen) atoms. The van der Waals surface area contributed by atoms with Gasteiger partial charge in [-0.2, -0.15) is 0 Å². The quantitative estimate of drug-likeness (QED) is 0.603. The summed E-state index contributed by atoms with van der Waals surface area (Å²) >= 11 is 0. The van der Waals surface area contributed by atoms with Crippen molar-refractivity contribution in [3.63, 3.8) is 0 Å². The van der Waals surface area contributed by atoms with E-state index in [4.69, 9.17) is 9.72 Å². The van der Waals surface area contributed by atoms with Crippen molar-refractivity contribution in [2.45, 2.75) is 40.7 Å². The fraction of sp³-hybridized carbons (Fsp3) is 0.273. The fourth-order valence-electron chi connectivity index (χ4n) is 3.23. The molecule has 0 aliphatic heterocycles. The highest BCUT2D eigenvalue weighted by Gasteiger charge is 2.21. The second-order valence-corrected chi connectivity index (χ2v) is 6.76. The lowest BCUT2D eigenvalue weighted by Gasteiger charge is -2.17. The predicted octanol–water partition coefficient (Wildman–Crippen LogP) is 5.39. The topological polar surface area (TPSA) is 39.2 Å². The molecule has 0 aliphatic rings. The number of hydrogen-bond acceptors (Lipinski definition) is 3. The number of rotatable bonds is 3. The Morgan fingerprint density at radius 1 is 1.04 bits per heavy atom. The highest BCUT2D eigenvalue weighted by atomic mass is 16.5. The summed E-state index contributed by atoms with van der Waals surface area (Å²) in [6, 6.07) is 14.1. The Bertz CT molecular complexity index is 943. The van der Waals surface area contributed by atoms with Crippen molar-refractivity contribution in [2.24, 2.45) is 0 Å². The van der Waals surface area contributed by atoms with E-state index in [1.165, 1.54) is 0 Å². The van der Waals surface area contributed by atoms with Gasteiger partial charge in [0.05, 0.1) is 22.9 Å². The Hall–Kier alpha value is -2.68. The number of ether oxygens (including phenoxy) is 1. The van der Waals surface area contributed by atoms with E-state index in [1.54, 1.807) is 0 Å². The summed E-state index contributed by atoms with van der Waals surface area (Å²) in [6.07, 6.45) is -0.166. The van der Waals surface area contributed by atoms with Crippen molar-refractivity contribution < 1.29 is 9.53 Å². The number of aryl methyl sites for hydroxylation is 2. The normalized spacial score (nSPS) is 11.1. The van der Waals surface area contributed by atoms with Gasteiger partial charge in [-0.05, 0) is 51.8 Å². The maximum absolute atomic E-state index is 12.8. The molecular weight excluding hydrogens is 310 g/mol. The molecule has 0 atom stereocenters. The average Bonchev–Trinajstić information content (AvgIpc) is 2.54. The van der Waals surface area contributed by atoms with Crippen LogP contribution in [0.15, 0.2) is 42.5 Å². The third-order valence-electron chi connectivity index (χ3n) is 4.26. The summed E-state index contributed by atoms with van der Waals surface area (Å²) in [4.78, 5) is 17.7. The van der Waals surface area contributed by atoms with Gasteiger partial charge in [0.1, 0.15) is 0 Å². The first-order chi connectivity index (χ1) is 11.9. The molecule has 0 spiro atoms. The lowest BCUT2D eigenvalue weighted by molar-refractivity contribution is 0.0379. The van der Waals surface area contributed by atoms with Gasteiger partial charge in [0.15, 0.2) is 0 Å². The molecule has 3 nitrogen and oxygen atoms in total. The van der Waals surface area contributed by atoms with E-state index in [2.05, 4.69) is 6.07 Å². The molecule has 2 aromatic carbocycles. The molecule has 0 radical (unpaired) electrons. The Balaban J connectivity index is 2.37. The van der Waals surface area contributed by atoms with Crippen LogP contribution < -0.4 is 0 Å². The number of esters is 1. The molecule has 0 fully saturated rings. The van der Waals surface area contributed by atoms with Gasteiger partial charge < -0.3 is 4.74 Å². The van der Waals surface area contributed by atoms with Gasteiger partial charge in [-0.25, -0.2) is 9.78 Å². The molecule has 3 rings (SSSR count). The standard InChI is InChI=1S/C22H23NO2/c1-13(2)25-22(24)19-16(5)21(17-9-7-6-8-10-17)23-20-15(4)11-14(3)12-18(19)20/h6-13H,1-5H3. The zero-order valence-corrected chi connectivity index (χ0v) is 15.4. The molecule has 0 aliphatic carbocycles. The molecule has 0 amide bonds. The summed E-state index contributed by atoms with van der Waals surface area (Å²) in [7, 11) is 0. The minimum atomic E-state index is -0.290. The maximum Gasteiger partial charge on any atom is 0.339 e. The Morgan fingerprint density at radius 2 is 1.72 bits per heavy atom. The molecule has 128 valence electrons. The van der Waals surface area contributed by atoms with E-state index in [-0.39, 0.29) is 12.1 Å². The smallest absolute Gasteiger partial charge is 0.339 e. The molecule has 0 saturated carbocycles. The molecule has 1 aromatic heterocycles. The van der Waals surface area contributed by atoms with E-state index in [0.717, 1.165) is 38.9 Å². The van der Waals surface area contributed by atoms with Gasteiger partial charge in [0.25, 0.3) is 0 Å². The Labute approximate surface area is 148 Å². The molecule has 3 heteroatoms. The number of aromatic nitrogens is 1. The van der Waals surface area contributed by atoms with Crippen LogP contribution in [-0.2, 0) is 4.74 Å². The predicted molar refractivity (Wildman–Crippen MR) is 102 cm³/mol. The van der Waals surface area contributed by atoms with Crippen LogP contribution >= 0.6 is 0 Å². The first-order valence-corrected chi connectivity index (χ1v) is 8.56. The van der Waals surface area contributed by atoms with Crippen molar-refractivity contribution in [3.8, 4) is 11.3 Å². The first-order valence-electron chi connectivity index (χ1n) is 8.56. The molecular formula is C22H23NO2. The van der Waals surface area contributed by atoms with Crippen molar-refractivity contribution in [1.82, 2.24) is 4.98 Å². The van der Waals surface area contributed by atoms with Crippen LogP contribution in [0.2, 0.25) is 0 Å². The van der Waals surface area contributed by atoms with Crippen molar-refractivity contribution in [2.75, 3.05) is 0 Å². The number of carbonyl (C=O) groups excluding carboxylic acids is 1. The van der Waals surface area contributed by atoms with Crippen LogP contribution in [-0.4, -0.2) is 17.1 Å². The second kappa shape index (κ2) is 6.67. The minimum Gasteiger partial charge on any atom is -0.459 e. The van der Waals surface area contributed by atoms with Crippen LogP contribution in [0.1, 0.15) is 40.9 Å². The average molecular weight is 333 g/mol. The van der Waals surface area contributed by atoms with Crippen molar-refractivity contribution in [1.29, 1.82) is 0 Å². The maximum atomic E-state index is 12.8. The number of pyridine rings is 1. The molecule has 1 heterocycles. The SMILES string of the molecule is Cc1cc(C)c2nc(-c3ccccc3)c(C)c(C(=O)OC(C)C)c2c1. The molecule has 0 bridgehead atoms. The summed E-state index contributed by atoms with van der Waals surface area (Å²) in [5, 5.41) is 0.861. The largest absolute Gasteiger partial charge is 0.459 e. The molecule has 0 N–H and O–H groups in total. The van der Waals surface area contributed by atoms with E-state index >= 15 is 0 Å². The molecule has 0 saturated heterocycles. The van der Waals surface area contributed by atoms with Gasteiger partial charge in [-0.3, -0.25) is 0 Å². The highest BCUT2D eigenvalue weighted by molar-refractivity contribution is 6.07. The second-order valence-electron chi connectivity index (χ2n) is 6.76. The summed E-state index contributed by atoms with van der Waals surface area (Å²) < 4.78 is 5.53.